The molecule has 0 aromatic carbocycles. The molecule has 0 aromatic rings. The van der Waals surface area contributed by atoms with E-state index in [1.54, 1.807) is 4.90 Å². The molecule has 1 unspecified atom stereocenters. The molecular weight excluding hydrogens is 202 g/mol. The van der Waals surface area contributed by atoms with Gasteiger partial charge in [-0.1, -0.05) is 6.58 Å². The zero-order chi connectivity index (χ0) is 10.8. The predicted molar refractivity (Wildman–Crippen MR) is 54.6 cm³/mol. The average Bonchev–Trinajstić information content (AvgIpc) is 2.15. The lowest BCUT2D eigenvalue weighted by atomic mass is 10.1. The third kappa shape index (κ3) is 2.57. The Morgan fingerprint density at radius 1 is 1.57 bits per heavy atom. The number of rotatable bonds is 2. The summed E-state index contributed by atoms with van der Waals surface area (Å²) in [4.78, 5) is 12.8. The minimum Gasteiger partial charge on any atom is -0.338 e. The van der Waals surface area contributed by atoms with Gasteiger partial charge in [0.15, 0.2) is 9.84 Å². The van der Waals surface area contributed by atoms with Crippen molar-refractivity contribution in [2.45, 2.75) is 18.1 Å². The van der Waals surface area contributed by atoms with Gasteiger partial charge in [-0.05, 0) is 18.9 Å². The molecule has 0 radical (unpaired) electrons. The largest absolute Gasteiger partial charge is 0.338 e. The molecule has 1 fully saturated rings. The maximum atomic E-state index is 11.3. The lowest BCUT2D eigenvalue weighted by molar-refractivity contribution is -0.126. The van der Waals surface area contributed by atoms with E-state index in [1.165, 1.54) is 12.3 Å². The zero-order valence-corrected chi connectivity index (χ0v) is 9.09. The number of amides is 1. The summed E-state index contributed by atoms with van der Waals surface area (Å²) < 4.78 is 22.6. The highest BCUT2D eigenvalue weighted by atomic mass is 32.2. The fraction of sp³-hybridized carbons (Fsp3) is 0.667. The van der Waals surface area contributed by atoms with Gasteiger partial charge in [0.25, 0.3) is 0 Å². The number of hydrogen-bond acceptors (Lipinski definition) is 3. The minimum atomic E-state index is -3.03. The Morgan fingerprint density at radius 3 is 2.71 bits per heavy atom. The second-order valence-electron chi connectivity index (χ2n) is 3.58. The van der Waals surface area contributed by atoms with Crippen LogP contribution in [0.2, 0.25) is 0 Å². The van der Waals surface area contributed by atoms with Gasteiger partial charge in [0.05, 0.1) is 5.25 Å². The van der Waals surface area contributed by atoms with E-state index in [9.17, 15) is 13.2 Å². The first-order chi connectivity index (χ1) is 6.45. The molecule has 0 bridgehead atoms. The molecule has 0 saturated carbocycles. The number of piperidine rings is 1. The molecule has 1 aliphatic rings. The predicted octanol–water partition coefficient (Wildman–Crippen LogP) is 0.208. The molecule has 0 N–H and O–H groups in total. The molecule has 1 aliphatic heterocycles. The number of likely N-dealkylation sites (tertiary alicyclic amines) is 1. The van der Waals surface area contributed by atoms with E-state index in [0.717, 1.165) is 6.42 Å². The van der Waals surface area contributed by atoms with Crippen LogP contribution in [0.25, 0.3) is 0 Å². The van der Waals surface area contributed by atoms with E-state index in [0.29, 0.717) is 19.5 Å². The molecule has 5 heteroatoms. The minimum absolute atomic E-state index is 0.182. The summed E-state index contributed by atoms with van der Waals surface area (Å²) in [7, 11) is -3.03. The van der Waals surface area contributed by atoms with E-state index < -0.39 is 15.1 Å². The van der Waals surface area contributed by atoms with Crippen molar-refractivity contribution in [1.82, 2.24) is 4.90 Å². The lowest BCUT2D eigenvalue weighted by Gasteiger charge is -2.30. The van der Waals surface area contributed by atoms with Gasteiger partial charge < -0.3 is 4.90 Å². The smallest absolute Gasteiger partial charge is 0.245 e. The van der Waals surface area contributed by atoms with Crippen LogP contribution < -0.4 is 0 Å². The van der Waals surface area contributed by atoms with Crippen molar-refractivity contribution < 1.29 is 13.2 Å². The van der Waals surface area contributed by atoms with Gasteiger partial charge in [0, 0.05) is 19.3 Å². The molecule has 14 heavy (non-hydrogen) atoms. The number of hydrogen-bond donors (Lipinski definition) is 0. The SMILES string of the molecule is C=CC(=O)N1CCCC(S(C)(=O)=O)C1. The van der Waals surface area contributed by atoms with Gasteiger partial charge in [-0.25, -0.2) is 8.42 Å². The zero-order valence-electron chi connectivity index (χ0n) is 8.27. The van der Waals surface area contributed by atoms with E-state index >= 15 is 0 Å². The van der Waals surface area contributed by atoms with Crippen LogP contribution in [0.5, 0.6) is 0 Å². The quantitative estimate of drug-likeness (QED) is 0.621. The Kier molecular flexibility index (Phi) is 3.31. The van der Waals surface area contributed by atoms with Crippen LogP contribution >= 0.6 is 0 Å². The first kappa shape index (κ1) is 11.2. The summed E-state index contributed by atoms with van der Waals surface area (Å²) >= 11 is 0. The molecule has 80 valence electrons. The molecule has 1 atom stereocenters. The fourth-order valence-electron chi connectivity index (χ4n) is 1.62. The Morgan fingerprint density at radius 2 is 2.21 bits per heavy atom. The van der Waals surface area contributed by atoms with Gasteiger partial charge >= 0.3 is 0 Å². The van der Waals surface area contributed by atoms with E-state index in [4.69, 9.17) is 0 Å². The van der Waals surface area contributed by atoms with Crippen molar-refractivity contribution in [3.63, 3.8) is 0 Å². The van der Waals surface area contributed by atoms with Crippen LogP contribution in [0, 0.1) is 0 Å². The van der Waals surface area contributed by atoms with Crippen molar-refractivity contribution in [2.75, 3.05) is 19.3 Å². The summed E-state index contributed by atoms with van der Waals surface area (Å²) in [6.45, 7) is 4.33. The van der Waals surface area contributed by atoms with Crippen molar-refractivity contribution in [2.24, 2.45) is 0 Å². The Hall–Kier alpha value is -0.840. The maximum absolute atomic E-state index is 11.3. The number of nitrogens with zero attached hydrogens (tertiary/aromatic N) is 1. The first-order valence-electron chi connectivity index (χ1n) is 4.55. The summed E-state index contributed by atoms with van der Waals surface area (Å²) in [6.07, 6.45) is 3.85. The number of carbonyl (C=O) groups is 1. The molecule has 0 spiro atoms. The highest BCUT2D eigenvalue weighted by molar-refractivity contribution is 7.91. The molecule has 1 amide bonds. The first-order valence-corrected chi connectivity index (χ1v) is 6.51. The van der Waals surface area contributed by atoms with E-state index in [-0.39, 0.29) is 5.91 Å². The van der Waals surface area contributed by atoms with Crippen molar-refractivity contribution >= 4 is 15.7 Å². The Balaban J connectivity index is 2.70. The van der Waals surface area contributed by atoms with E-state index in [2.05, 4.69) is 6.58 Å². The van der Waals surface area contributed by atoms with Crippen molar-refractivity contribution in [3.8, 4) is 0 Å². The van der Waals surface area contributed by atoms with Crippen LogP contribution in [0.4, 0.5) is 0 Å². The third-order valence-corrected chi connectivity index (χ3v) is 4.07. The molecule has 0 aromatic heterocycles. The van der Waals surface area contributed by atoms with Gasteiger partial charge in [-0.15, -0.1) is 0 Å². The van der Waals surface area contributed by atoms with Crippen LogP contribution in [0.15, 0.2) is 12.7 Å². The monoisotopic (exact) mass is 217 g/mol. The van der Waals surface area contributed by atoms with Gasteiger partial charge in [-0.2, -0.15) is 0 Å². The normalized spacial score (nSPS) is 23.2. The molecule has 1 heterocycles. The van der Waals surface area contributed by atoms with Crippen LogP contribution in [-0.4, -0.2) is 43.8 Å². The molecule has 4 nitrogen and oxygen atoms in total. The second kappa shape index (κ2) is 4.13. The van der Waals surface area contributed by atoms with Gasteiger partial charge in [0.2, 0.25) is 5.91 Å². The van der Waals surface area contributed by atoms with Crippen molar-refractivity contribution in [1.29, 1.82) is 0 Å². The summed E-state index contributed by atoms with van der Waals surface area (Å²) in [6, 6.07) is 0. The molecule has 1 rings (SSSR count). The van der Waals surface area contributed by atoms with Crippen molar-refractivity contribution in [3.05, 3.63) is 12.7 Å². The highest BCUT2D eigenvalue weighted by Crippen LogP contribution is 2.16. The fourth-order valence-corrected chi connectivity index (χ4v) is 2.66. The second-order valence-corrected chi connectivity index (χ2v) is 5.91. The van der Waals surface area contributed by atoms with Gasteiger partial charge in [-0.3, -0.25) is 4.79 Å². The molecular formula is C9H15NO3S. The Bertz CT molecular complexity index is 334. The summed E-state index contributed by atoms with van der Waals surface area (Å²) in [5.74, 6) is -0.182. The summed E-state index contributed by atoms with van der Waals surface area (Å²) in [5.41, 5.74) is 0. The standard InChI is InChI=1S/C9H15NO3S/c1-3-9(11)10-6-4-5-8(7-10)14(2,12)13/h3,8H,1,4-7H2,2H3. The maximum Gasteiger partial charge on any atom is 0.245 e. The average molecular weight is 217 g/mol. The van der Waals surface area contributed by atoms with Crippen LogP contribution in [0.3, 0.4) is 0 Å². The molecule has 1 saturated heterocycles. The summed E-state index contributed by atoms with van der Waals surface area (Å²) in [5, 5.41) is -0.403. The number of sulfone groups is 1. The van der Waals surface area contributed by atoms with Gasteiger partial charge in [0.1, 0.15) is 0 Å². The number of carbonyl (C=O) groups excluding carboxylic acids is 1. The molecule has 0 aliphatic carbocycles. The van der Waals surface area contributed by atoms with Crippen LogP contribution in [0.1, 0.15) is 12.8 Å². The lowest BCUT2D eigenvalue weighted by Crippen LogP contribution is -2.44. The van der Waals surface area contributed by atoms with E-state index in [1.807, 2.05) is 0 Å². The van der Waals surface area contributed by atoms with Crippen LogP contribution in [-0.2, 0) is 14.6 Å². The third-order valence-electron chi connectivity index (χ3n) is 2.47. The Labute approximate surface area is 84.5 Å². The topological polar surface area (TPSA) is 54.5 Å². The highest BCUT2D eigenvalue weighted by Gasteiger charge is 2.28.